The molecule has 21 heavy (non-hydrogen) atoms. The number of likely N-dealkylation sites (tertiary alicyclic amines) is 1. The van der Waals surface area contributed by atoms with E-state index in [1.807, 2.05) is 35.2 Å². The molecule has 4 nitrogen and oxygen atoms in total. The summed E-state index contributed by atoms with van der Waals surface area (Å²) in [6.07, 6.45) is 5.62. The van der Waals surface area contributed by atoms with Crippen LogP contribution in [0.25, 0.3) is 0 Å². The summed E-state index contributed by atoms with van der Waals surface area (Å²) >= 11 is 0. The lowest BCUT2D eigenvalue weighted by Gasteiger charge is -2.36. The highest BCUT2D eigenvalue weighted by molar-refractivity contribution is 5.87. The lowest BCUT2D eigenvalue weighted by atomic mass is 9.90. The number of carbonyl (C=O) groups excluding carboxylic acids is 1. The van der Waals surface area contributed by atoms with Gasteiger partial charge in [0.2, 0.25) is 5.91 Å². The second kappa shape index (κ2) is 5.88. The van der Waals surface area contributed by atoms with Crippen molar-refractivity contribution in [2.75, 3.05) is 0 Å². The van der Waals surface area contributed by atoms with Gasteiger partial charge in [0.25, 0.3) is 0 Å². The Kier molecular flexibility index (Phi) is 3.95. The summed E-state index contributed by atoms with van der Waals surface area (Å²) in [7, 11) is 0. The van der Waals surface area contributed by atoms with E-state index in [-0.39, 0.29) is 24.4 Å². The topological polar surface area (TPSA) is 57.6 Å². The largest absolute Gasteiger partial charge is 0.481 e. The van der Waals surface area contributed by atoms with E-state index in [1.54, 1.807) is 0 Å². The van der Waals surface area contributed by atoms with E-state index in [2.05, 4.69) is 0 Å². The molecule has 3 rings (SSSR count). The molecule has 1 heterocycles. The van der Waals surface area contributed by atoms with Gasteiger partial charge in [0.15, 0.2) is 0 Å². The molecular formula is C17H21NO3. The van der Waals surface area contributed by atoms with Crippen LogP contribution >= 0.6 is 0 Å². The third-order valence-corrected chi connectivity index (χ3v) is 4.79. The van der Waals surface area contributed by atoms with Crippen LogP contribution in [-0.4, -0.2) is 27.9 Å². The highest BCUT2D eigenvalue weighted by Gasteiger charge is 2.47. The standard InChI is InChI=1S/C17H21NO3/c19-15-11-14(17(20)21)16(12-7-3-1-4-8-12)18(15)13-9-5-2-6-10-13/h1,3-4,7-8,13-14,16H,2,5-6,9-11H2,(H,20,21)/t14-,16+/m0/s1. The molecule has 1 aromatic carbocycles. The van der Waals surface area contributed by atoms with E-state index in [0.717, 1.165) is 31.2 Å². The number of carboxylic acid groups (broad SMARTS) is 1. The maximum atomic E-state index is 12.4. The normalized spacial score (nSPS) is 27.0. The molecule has 0 bridgehead atoms. The fraction of sp³-hybridized carbons (Fsp3) is 0.529. The van der Waals surface area contributed by atoms with Crippen molar-refractivity contribution in [2.45, 2.75) is 50.6 Å². The molecule has 0 spiro atoms. The van der Waals surface area contributed by atoms with Gasteiger partial charge in [0.05, 0.1) is 12.0 Å². The summed E-state index contributed by atoms with van der Waals surface area (Å²) in [5.41, 5.74) is 0.946. The van der Waals surface area contributed by atoms with E-state index in [1.165, 1.54) is 6.42 Å². The zero-order valence-corrected chi connectivity index (χ0v) is 12.1. The van der Waals surface area contributed by atoms with E-state index in [0.29, 0.717) is 0 Å². The van der Waals surface area contributed by atoms with Crippen molar-refractivity contribution in [1.82, 2.24) is 4.90 Å². The van der Waals surface area contributed by atoms with Gasteiger partial charge in [-0.05, 0) is 18.4 Å². The van der Waals surface area contributed by atoms with Gasteiger partial charge in [-0.1, -0.05) is 49.6 Å². The number of benzene rings is 1. The van der Waals surface area contributed by atoms with Crippen LogP contribution in [0.5, 0.6) is 0 Å². The molecule has 0 radical (unpaired) electrons. The van der Waals surface area contributed by atoms with Crippen molar-refractivity contribution in [3.8, 4) is 0 Å². The van der Waals surface area contributed by atoms with Gasteiger partial charge in [-0.25, -0.2) is 0 Å². The maximum absolute atomic E-state index is 12.4. The molecule has 0 unspecified atom stereocenters. The summed E-state index contributed by atoms with van der Waals surface area (Å²) in [5, 5.41) is 9.50. The van der Waals surface area contributed by atoms with E-state index < -0.39 is 11.9 Å². The van der Waals surface area contributed by atoms with Crippen LogP contribution in [-0.2, 0) is 9.59 Å². The molecule has 1 saturated heterocycles. The van der Waals surface area contributed by atoms with Crippen LogP contribution in [0.4, 0.5) is 0 Å². The fourth-order valence-electron chi connectivity index (χ4n) is 3.81. The molecule has 112 valence electrons. The lowest BCUT2D eigenvalue weighted by Crippen LogP contribution is -2.40. The summed E-state index contributed by atoms with van der Waals surface area (Å²) < 4.78 is 0. The molecule has 1 N–H and O–H groups in total. The second-order valence-corrected chi connectivity index (χ2v) is 6.10. The minimum absolute atomic E-state index is 0.00292. The number of hydrogen-bond donors (Lipinski definition) is 1. The van der Waals surface area contributed by atoms with Crippen LogP contribution in [0.2, 0.25) is 0 Å². The van der Waals surface area contributed by atoms with E-state index in [9.17, 15) is 14.7 Å². The molecule has 2 atom stereocenters. The van der Waals surface area contributed by atoms with Gasteiger partial charge in [-0.15, -0.1) is 0 Å². The number of amides is 1. The quantitative estimate of drug-likeness (QED) is 0.929. The highest BCUT2D eigenvalue weighted by atomic mass is 16.4. The Balaban J connectivity index is 1.95. The predicted molar refractivity (Wildman–Crippen MR) is 78.6 cm³/mol. The van der Waals surface area contributed by atoms with Crippen molar-refractivity contribution in [1.29, 1.82) is 0 Å². The number of carbonyl (C=O) groups is 2. The Morgan fingerprint density at radius 1 is 1.10 bits per heavy atom. The molecule has 1 saturated carbocycles. The Morgan fingerprint density at radius 2 is 1.76 bits per heavy atom. The Bertz CT molecular complexity index is 522. The van der Waals surface area contributed by atoms with Crippen molar-refractivity contribution < 1.29 is 14.7 Å². The minimum atomic E-state index is -0.865. The van der Waals surface area contributed by atoms with Crippen LogP contribution in [0.3, 0.4) is 0 Å². The Morgan fingerprint density at radius 3 is 2.38 bits per heavy atom. The fourth-order valence-corrected chi connectivity index (χ4v) is 3.81. The van der Waals surface area contributed by atoms with Crippen molar-refractivity contribution in [2.24, 2.45) is 5.92 Å². The van der Waals surface area contributed by atoms with E-state index >= 15 is 0 Å². The first-order valence-corrected chi connectivity index (χ1v) is 7.77. The monoisotopic (exact) mass is 287 g/mol. The number of carboxylic acids is 1. The van der Waals surface area contributed by atoms with Crippen molar-refractivity contribution in [3.63, 3.8) is 0 Å². The first-order valence-electron chi connectivity index (χ1n) is 7.77. The predicted octanol–water partition coefficient (Wildman–Crippen LogP) is 2.99. The summed E-state index contributed by atoms with van der Waals surface area (Å²) in [5.74, 6) is -1.49. The van der Waals surface area contributed by atoms with E-state index in [4.69, 9.17) is 0 Å². The van der Waals surface area contributed by atoms with Crippen LogP contribution in [0.15, 0.2) is 30.3 Å². The van der Waals surface area contributed by atoms with Gasteiger partial charge in [-0.3, -0.25) is 9.59 Å². The average Bonchev–Trinajstić information content (AvgIpc) is 2.87. The summed E-state index contributed by atoms with van der Waals surface area (Å²) in [6.45, 7) is 0. The van der Waals surface area contributed by atoms with Gasteiger partial charge in [0, 0.05) is 12.5 Å². The van der Waals surface area contributed by atoms with Gasteiger partial charge >= 0.3 is 5.97 Å². The first kappa shape index (κ1) is 14.1. The van der Waals surface area contributed by atoms with Gasteiger partial charge in [-0.2, -0.15) is 0 Å². The molecule has 1 aromatic rings. The van der Waals surface area contributed by atoms with Crippen molar-refractivity contribution >= 4 is 11.9 Å². The maximum Gasteiger partial charge on any atom is 0.309 e. The van der Waals surface area contributed by atoms with Crippen LogP contribution in [0, 0.1) is 5.92 Å². The second-order valence-electron chi connectivity index (χ2n) is 6.10. The third-order valence-electron chi connectivity index (χ3n) is 4.79. The molecule has 1 aliphatic carbocycles. The molecule has 0 aromatic heterocycles. The number of hydrogen-bond acceptors (Lipinski definition) is 2. The molecule has 4 heteroatoms. The molecular weight excluding hydrogens is 266 g/mol. The van der Waals surface area contributed by atoms with Crippen LogP contribution in [0.1, 0.15) is 50.1 Å². The molecule has 2 fully saturated rings. The first-order chi connectivity index (χ1) is 10.2. The lowest BCUT2D eigenvalue weighted by molar-refractivity contribution is -0.142. The van der Waals surface area contributed by atoms with Crippen LogP contribution < -0.4 is 0 Å². The highest BCUT2D eigenvalue weighted by Crippen LogP contribution is 2.42. The molecule has 1 aliphatic heterocycles. The zero-order valence-electron chi connectivity index (χ0n) is 12.1. The third kappa shape index (κ3) is 2.67. The Hall–Kier alpha value is -1.84. The summed E-state index contributed by atoms with van der Waals surface area (Å²) in [6, 6.07) is 9.53. The smallest absolute Gasteiger partial charge is 0.309 e. The zero-order chi connectivity index (χ0) is 14.8. The Labute approximate surface area is 124 Å². The van der Waals surface area contributed by atoms with Crippen molar-refractivity contribution in [3.05, 3.63) is 35.9 Å². The molecule has 2 aliphatic rings. The average molecular weight is 287 g/mol. The molecule has 1 amide bonds. The summed E-state index contributed by atoms with van der Waals surface area (Å²) in [4.78, 5) is 25.9. The van der Waals surface area contributed by atoms with Gasteiger partial charge < -0.3 is 10.0 Å². The SMILES string of the molecule is O=C(O)[C@H]1CC(=O)N(C2CCCCC2)[C@@H]1c1ccccc1. The van der Waals surface area contributed by atoms with Gasteiger partial charge in [0.1, 0.15) is 0 Å². The number of rotatable bonds is 3. The number of nitrogens with zero attached hydrogens (tertiary/aromatic N) is 1. The number of aliphatic carboxylic acids is 1. The minimum Gasteiger partial charge on any atom is -0.481 e.